The second kappa shape index (κ2) is 5.56. The van der Waals surface area contributed by atoms with Crippen molar-refractivity contribution in [2.45, 2.75) is 13.0 Å². The highest BCUT2D eigenvalue weighted by Gasteiger charge is 2.22. The van der Waals surface area contributed by atoms with E-state index in [1.54, 1.807) is 4.90 Å². The van der Waals surface area contributed by atoms with Crippen molar-refractivity contribution < 1.29 is 9.53 Å². The molecule has 1 saturated heterocycles. The zero-order valence-electron chi connectivity index (χ0n) is 9.43. The standard InChI is InChI=1S/C9H14N4O2S2/c1-6(10-8-11-12-9(16)17-8)7(14)13-2-4-15-5-3-13/h6H,2-5H2,1H3,(H,10,11)(H,12,16). The van der Waals surface area contributed by atoms with E-state index in [4.69, 9.17) is 17.0 Å². The summed E-state index contributed by atoms with van der Waals surface area (Å²) in [4.78, 5) is 13.9. The first-order chi connectivity index (χ1) is 8.16. The molecular formula is C9H14N4O2S2. The number of rotatable bonds is 3. The molecule has 1 aliphatic heterocycles. The van der Waals surface area contributed by atoms with Crippen LogP contribution in [-0.4, -0.2) is 53.3 Å². The lowest BCUT2D eigenvalue weighted by Crippen LogP contribution is -2.46. The maximum atomic E-state index is 12.1. The van der Waals surface area contributed by atoms with E-state index in [2.05, 4.69) is 15.5 Å². The van der Waals surface area contributed by atoms with E-state index in [1.807, 2.05) is 6.92 Å². The largest absolute Gasteiger partial charge is 0.378 e. The molecule has 1 aromatic rings. The Labute approximate surface area is 108 Å². The molecule has 0 spiro atoms. The predicted molar refractivity (Wildman–Crippen MR) is 67.8 cm³/mol. The number of aromatic nitrogens is 2. The van der Waals surface area contributed by atoms with Crippen molar-refractivity contribution in [1.29, 1.82) is 0 Å². The van der Waals surface area contributed by atoms with Crippen molar-refractivity contribution in [3.63, 3.8) is 0 Å². The van der Waals surface area contributed by atoms with Crippen LogP contribution in [-0.2, 0) is 9.53 Å². The van der Waals surface area contributed by atoms with E-state index >= 15 is 0 Å². The molecule has 2 heterocycles. The number of carbonyl (C=O) groups excluding carboxylic acids is 1. The first kappa shape index (κ1) is 12.5. The molecule has 6 nitrogen and oxygen atoms in total. The van der Waals surface area contributed by atoms with E-state index in [-0.39, 0.29) is 11.9 Å². The van der Waals surface area contributed by atoms with Gasteiger partial charge in [0.1, 0.15) is 6.04 Å². The number of ether oxygens (including phenoxy) is 1. The summed E-state index contributed by atoms with van der Waals surface area (Å²) in [5.74, 6) is 0.0643. The molecule has 17 heavy (non-hydrogen) atoms. The van der Waals surface area contributed by atoms with Gasteiger partial charge in [-0.15, -0.1) is 5.10 Å². The molecule has 2 rings (SSSR count). The van der Waals surface area contributed by atoms with Crippen LogP contribution in [0, 0.1) is 3.95 Å². The number of carbonyl (C=O) groups is 1. The van der Waals surface area contributed by atoms with Crippen LogP contribution in [0.15, 0.2) is 0 Å². The number of H-pyrrole nitrogens is 1. The Hall–Kier alpha value is -0.990. The lowest BCUT2D eigenvalue weighted by Gasteiger charge is -2.29. The van der Waals surface area contributed by atoms with Gasteiger partial charge in [-0.3, -0.25) is 9.89 Å². The monoisotopic (exact) mass is 274 g/mol. The molecule has 0 saturated carbocycles. The molecule has 0 bridgehead atoms. The third-order valence-corrected chi connectivity index (χ3v) is 3.49. The number of hydrogen-bond donors (Lipinski definition) is 2. The quantitative estimate of drug-likeness (QED) is 0.800. The Kier molecular flexibility index (Phi) is 4.08. The second-order valence-corrected chi connectivity index (χ2v) is 5.39. The number of nitrogens with one attached hydrogen (secondary N) is 2. The Balaban J connectivity index is 1.92. The van der Waals surface area contributed by atoms with Gasteiger partial charge in [-0.05, 0) is 19.1 Å². The van der Waals surface area contributed by atoms with Crippen LogP contribution in [0.3, 0.4) is 0 Å². The Morgan fingerprint density at radius 2 is 2.35 bits per heavy atom. The van der Waals surface area contributed by atoms with Gasteiger partial charge in [-0.2, -0.15) is 0 Å². The number of morpholine rings is 1. The summed E-state index contributed by atoms with van der Waals surface area (Å²) >= 11 is 6.25. The summed E-state index contributed by atoms with van der Waals surface area (Å²) in [6.07, 6.45) is 0. The lowest BCUT2D eigenvalue weighted by atomic mass is 10.2. The van der Waals surface area contributed by atoms with Crippen LogP contribution in [0.2, 0.25) is 0 Å². The van der Waals surface area contributed by atoms with E-state index in [0.29, 0.717) is 35.4 Å². The molecular weight excluding hydrogens is 260 g/mol. The molecule has 1 atom stereocenters. The molecule has 1 aromatic heterocycles. The minimum atomic E-state index is -0.304. The van der Waals surface area contributed by atoms with Crippen LogP contribution >= 0.6 is 23.6 Å². The van der Waals surface area contributed by atoms with Crippen molar-refractivity contribution in [3.8, 4) is 0 Å². The third-order valence-electron chi connectivity index (χ3n) is 2.47. The van der Waals surface area contributed by atoms with Crippen LogP contribution < -0.4 is 5.32 Å². The van der Waals surface area contributed by atoms with Crippen molar-refractivity contribution in [1.82, 2.24) is 15.1 Å². The first-order valence-corrected chi connectivity index (χ1v) is 6.58. The molecule has 2 N–H and O–H groups in total. The van der Waals surface area contributed by atoms with E-state index in [9.17, 15) is 4.79 Å². The SMILES string of the molecule is CC(Nc1n[nH]c(=S)s1)C(=O)N1CCOCC1. The second-order valence-electron chi connectivity index (χ2n) is 3.72. The molecule has 94 valence electrons. The fourth-order valence-electron chi connectivity index (χ4n) is 1.60. The highest BCUT2D eigenvalue weighted by atomic mass is 32.1. The number of anilines is 1. The number of amides is 1. The van der Waals surface area contributed by atoms with Gasteiger partial charge in [0.25, 0.3) is 0 Å². The maximum Gasteiger partial charge on any atom is 0.245 e. The number of aromatic amines is 1. The normalized spacial score (nSPS) is 17.8. The van der Waals surface area contributed by atoms with E-state index in [1.165, 1.54) is 11.3 Å². The summed E-state index contributed by atoms with van der Waals surface area (Å²) in [5, 5.41) is 10.3. The minimum absolute atomic E-state index is 0.0643. The predicted octanol–water partition coefficient (Wildman–Crippen LogP) is 0.860. The summed E-state index contributed by atoms with van der Waals surface area (Å²) in [7, 11) is 0. The number of hydrogen-bond acceptors (Lipinski definition) is 6. The van der Waals surface area contributed by atoms with E-state index < -0.39 is 0 Å². The lowest BCUT2D eigenvalue weighted by molar-refractivity contribution is -0.135. The molecule has 0 aromatic carbocycles. The van der Waals surface area contributed by atoms with Crippen LogP contribution in [0.5, 0.6) is 0 Å². The van der Waals surface area contributed by atoms with Gasteiger partial charge >= 0.3 is 0 Å². The zero-order chi connectivity index (χ0) is 12.3. The van der Waals surface area contributed by atoms with Crippen LogP contribution in [0.25, 0.3) is 0 Å². The minimum Gasteiger partial charge on any atom is -0.378 e. The molecule has 1 aliphatic rings. The molecule has 8 heteroatoms. The van der Waals surface area contributed by atoms with Crippen molar-refractivity contribution in [2.75, 3.05) is 31.6 Å². The van der Waals surface area contributed by atoms with Crippen molar-refractivity contribution >= 4 is 34.6 Å². The van der Waals surface area contributed by atoms with Gasteiger partial charge in [-0.25, -0.2) is 0 Å². The first-order valence-electron chi connectivity index (χ1n) is 5.35. The molecule has 0 aliphatic carbocycles. The Morgan fingerprint density at radius 1 is 1.65 bits per heavy atom. The highest BCUT2D eigenvalue weighted by Crippen LogP contribution is 2.13. The zero-order valence-corrected chi connectivity index (χ0v) is 11.1. The molecule has 1 amide bonds. The van der Waals surface area contributed by atoms with E-state index in [0.717, 1.165) is 0 Å². The van der Waals surface area contributed by atoms with Gasteiger partial charge in [0.2, 0.25) is 11.0 Å². The maximum absolute atomic E-state index is 12.1. The molecule has 0 radical (unpaired) electrons. The Bertz CT molecular complexity index is 438. The van der Waals surface area contributed by atoms with Crippen molar-refractivity contribution in [3.05, 3.63) is 3.95 Å². The highest BCUT2D eigenvalue weighted by molar-refractivity contribution is 7.73. The van der Waals surface area contributed by atoms with Gasteiger partial charge in [-0.1, -0.05) is 11.3 Å². The van der Waals surface area contributed by atoms with Crippen LogP contribution in [0.4, 0.5) is 5.13 Å². The molecule has 1 fully saturated rings. The Morgan fingerprint density at radius 3 is 2.94 bits per heavy atom. The molecule has 1 unspecified atom stereocenters. The smallest absolute Gasteiger partial charge is 0.245 e. The van der Waals surface area contributed by atoms with Crippen LogP contribution in [0.1, 0.15) is 6.92 Å². The van der Waals surface area contributed by atoms with Gasteiger partial charge in [0, 0.05) is 13.1 Å². The third kappa shape index (κ3) is 3.24. The summed E-state index contributed by atoms with van der Waals surface area (Å²) in [6.45, 7) is 4.35. The topological polar surface area (TPSA) is 70.2 Å². The van der Waals surface area contributed by atoms with Gasteiger partial charge in [0.15, 0.2) is 3.95 Å². The average molecular weight is 274 g/mol. The van der Waals surface area contributed by atoms with Crippen molar-refractivity contribution in [2.24, 2.45) is 0 Å². The average Bonchev–Trinajstić information content (AvgIpc) is 2.75. The fraction of sp³-hybridized carbons (Fsp3) is 0.667. The summed E-state index contributed by atoms with van der Waals surface area (Å²) < 4.78 is 5.80. The summed E-state index contributed by atoms with van der Waals surface area (Å²) in [6, 6.07) is -0.304. The fourth-order valence-corrected chi connectivity index (χ4v) is 2.47. The number of nitrogens with zero attached hydrogens (tertiary/aromatic N) is 2. The van der Waals surface area contributed by atoms with Gasteiger partial charge in [0.05, 0.1) is 13.2 Å². The summed E-state index contributed by atoms with van der Waals surface area (Å²) in [5.41, 5.74) is 0. The van der Waals surface area contributed by atoms with Gasteiger partial charge < -0.3 is 15.0 Å².